The number of halogens is 1. The largest absolute Gasteiger partial charge is 0.313 e. The zero-order valence-corrected chi connectivity index (χ0v) is 33.1. The van der Waals surface area contributed by atoms with Crippen LogP contribution in [0.1, 0.15) is 81.7 Å². The van der Waals surface area contributed by atoms with Crippen LogP contribution < -0.4 is 21.3 Å². The van der Waals surface area contributed by atoms with Gasteiger partial charge in [-0.3, -0.25) is 9.80 Å². The van der Waals surface area contributed by atoms with Crippen LogP contribution in [0.15, 0.2) is 121 Å². The van der Waals surface area contributed by atoms with Crippen molar-refractivity contribution in [1.82, 2.24) is 31.1 Å². The predicted octanol–water partition coefficient (Wildman–Crippen LogP) is 7.96. The van der Waals surface area contributed by atoms with Gasteiger partial charge in [0.15, 0.2) is 0 Å². The average molecular weight is 753 g/mol. The molecule has 0 unspecified atom stereocenters. The second-order valence-corrected chi connectivity index (χ2v) is 15.8. The lowest BCUT2D eigenvalue weighted by molar-refractivity contribution is 0.256. The molecule has 2 heterocycles. The fourth-order valence-corrected chi connectivity index (χ4v) is 8.26. The Kier molecular flexibility index (Phi) is 15.3. The van der Waals surface area contributed by atoms with E-state index in [1.165, 1.54) is 44.5 Å². The van der Waals surface area contributed by atoms with Gasteiger partial charge < -0.3 is 21.3 Å². The molecule has 6 nitrogen and oxygen atoms in total. The Hall–Kier alpha value is -4.21. The van der Waals surface area contributed by atoms with Gasteiger partial charge in [0.25, 0.3) is 0 Å². The van der Waals surface area contributed by atoms with E-state index in [-0.39, 0.29) is 11.7 Å². The van der Waals surface area contributed by atoms with E-state index in [0.717, 1.165) is 123 Å². The minimum atomic E-state index is -0.203. The van der Waals surface area contributed by atoms with Crippen LogP contribution in [-0.2, 0) is 39.3 Å². The maximum absolute atomic E-state index is 14.1. The van der Waals surface area contributed by atoms with Crippen molar-refractivity contribution in [2.75, 3.05) is 52.4 Å². The molecule has 2 aliphatic rings. The van der Waals surface area contributed by atoms with E-state index in [1.807, 2.05) is 12.1 Å². The molecule has 0 spiro atoms. The molecule has 0 amide bonds. The molecule has 0 saturated heterocycles. The van der Waals surface area contributed by atoms with Crippen LogP contribution in [0.3, 0.4) is 0 Å². The van der Waals surface area contributed by atoms with Crippen molar-refractivity contribution < 1.29 is 4.39 Å². The first-order chi connectivity index (χ1) is 27.6. The number of rotatable bonds is 7. The van der Waals surface area contributed by atoms with Crippen molar-refractivity contribution in [3.63, 3.8) is 0 Å². The van der Waals surface area contributed by atoms with Crippen LogP contribution in [-0.4, -0.2) is 62.2 Å². The fraction of sp³-hybridized carbons (Fsp3) is 0.388. The summed E-state index contributed by atoms with van der Waals surface area (Å²) in [6, 6.07) is 43.3. The third-order valence-corrected chi connectivity index (χ3v) is 11.3. The highest BCUT2D eigenvalue weighted by Gasteiger charge is 2.18. The zero-order valence-electron chi connectivity index (χ0n) is 33.1. The van der Waals surface area contributed by atoms with E-state index in [9.17, 15) is 4.39 Å². The minimum absolute atomic E-state index is 0.0245. The molecule has 7 rings (SSSR count). The molecule has 0 aliphatic carbocycles. The molecule has 7 heteroatoms. The summed E-state index contributed by atoms with van der Waals surface area (Å²) in [7, 11) is 0. The SMILES string of the molecule is Fc1ccc(C(c2ccc(CN3CCCNCc4cccc(c4)CNCCC3)cc2)c2ccc(CN3CCCNCc4cccc(c4)CNCCC3)cc2)cc1. The minimum Gasteiger partial charge on any atom is -0.313 e. The Morgan fingerprint density at radius 1 is 0.429 bits per heavy atom. The highest BCUT2D eigenvalue weighted by molar-refractivity contribution is 5.44. The van der Waals surface area contributed by atoms with E-state index in [1.54, 1.807) is 12.1 Å². The molecular formula is C49H61FN6. The van der Waals surface area contributed by atoms with E-state index in [4.69, 9.17) is 0 Å². The first-order valence-corrected chi connectivity index (χ1v) is 21.0. The molecule has 0 saturated carbocycles. The molecule has 5 aromatic rings. The van der Waals surface area contributed by atoms with Gasteiger partial charge in [-0.15, -0.1) is 0 Å². The summed E-state index contributed by atoms with van der Waals surface area (Å²) < 4.78 is 14.1. The maximum Gasteiger partial charge on any atom is 0.123 e. The molecule has 0 atom stereocenters. The summed E-state index contributed by atoms with van der Waals surface area (Å²) in [5, 5.41) is 14.6. The monoisotopic (exact) mass is 752 g/mol. The standard InChI is InChI=1S/C49H61FN6/c50-48-21-19-47(20-22-48)49(45-15-11-39(12-16-45)37-55-27-3-23-51-33-41-7-1-8-42(31-41)34-52-24-4-28-55)46-17-13-40(14-18-46)38-56-29-5-25-53-35-43-9-2-10-44(32-43)36-54-26-6-30-56/h1-2,7-22,31-32,49,51-54H,3-6,23-30,33-38H2. The van der Waals surface area contributed by atoms with Crippen LogP contribution in [0, 0.1) is 5.82 Å². The van der Waals surface area contributed by atoms with Crippen molar-refractivity contribution in [1.29, 1.82) is 0 Å². The first-order valence-electron chi connectivity index (χ1n) is 21.0. The number of nitrogens with zero attached hydrogens (tertiary/aromatic N) is 2. The predicted molar refractivity (Wildman–Crippen MR) is 229 cm³/mol. The Bertz CT molecular complexity index is 1720. The van der Waals surface area contributed by atoms with E-state index >= 15 is 0 Å². The van der Waals surface area contributed by atoms with Gasteiger partial charge in [0, 0.05) is 45.2 Å². The third-order valence-electron chi connectivity index (χ3n) is 11.3. The summed E-state index contributed by atoms with van der Waals surface area (Å²) in [6.07, 6.45) is 4.48. The third kappa shape index (κ3) is 12.4. The molecule has 0 fully saturated rings. The zero-order chi connectivity index (χ0) is 38.2. The lowest BCUT2D eigenvalue weighted by Crippen LogP contribution is -2.30. The summed E-state index contributed by atoms with van der Waals surface area (Å²) in [6.45, 7) is 13.9. The van der Waals surface area contributed by atoms with Crippen LogP contribution in [0.5, 0.6) is 0 Å². The van der Waals surface area contributed by atoms with Crippen molar-refractivity contribution >= 4 is 0 Å². The number of fused-ring (bicyclic) bond motifs is 4. The quantitative estimate of drug-likeness (QED) is 0.127. The number of benzene rings is 5. The van der Waals surface area contributed by atoms with Crippen molar-refractivity contribution in [3.8, 4) is 0 Å². The molecule has 5 aromatic carbocycles. The van der Waals surface area contributed by atoms with Crippen molar-refractivity contribution in [3.05, 3.63) is 177 Å². The van der Waals surface area contributed by atoms with E-state index in [2.05, 4.69) is 128 Å². The van der Waals surface area contributed by atoms with Crippen LogP contribution >= 0.6 is 0 Å². The number of hydrogen-bond acceptors (Lipinski definition) is 6. The van der Waals surface area contributed by atoms with Crippen LogP contribution in [0.2, 0.25) is 0 Å². The average Bonchev–Trinajstić information content (AvgIpc) is 3.22. The second kappa shape index (κ2) is 21.4. The van der Waals surface area contributed by atoms with Gasteiger partial charge in [-0.1, -0.05) is 109 Å². The highest BCUT2D eigenvalue weighted by Crippen LogP contribution is 2.33. The van der Waals surface area contributed by atoms with Crippen LogP contribution in [0.25, 0.3) is 0 Å². The molecule has 4 bridgehead atoms. The Morgan fingerprint density at radius 2 is 0.750 bits per heavy atom. The molecule has 294 valence electrons. The molecule has 0 radical (unpaired) electrons. The summed E-state index contributed by atoms with van der Waals surface area (Å²) >= 11 is 0. The van der Waals surface area contributed by atoms with Gasteiger partial charge >= 0.3 is 0 Å². The van der Waals surface area contributed by atoms with Crippen molar-refractivity contribution in [2.24, 2.45) is 0 Å². The molecule has 0 aromatic heterocycles. The second-order valence-electron chi connectivity index (χ2n) is 15.8. The van der Waals surface area contributed by atoms with Gasteiger partial charge in [-0.05, 0) is 140 Å². The Morgan fingerprint density at radius 3 is 1.09 bits per heavy atom. The summed E-state index contributed by atoms with van der Waals surface area (Å²) in [5.74, 6) is -0.178. The lowest BCUT2D eigenvalue weighted by Gasteiger charge is -2.25. The first kappa shape index (κ1) is 40.0. The van der Waals surface area contributed by atoms with Gasteiger partial charge in [0.1, 0.15) is 5.82 Å². The number of hydrogen-bond donors (Lipinski definition) is 4. The van der Waals surface area contributed by atoms with Crippen molar-refractivity contribution in [2.45, 2.75) is 70.9 Å². The number of nitrogens with one attached hydrogen (secondary N) is 4. The fourth-order valence-electron chi connectivity index (χ4n) is 8.26. The normalized spacial score (nSPS) is 17.5. The summed E-state index contributed by atoms with van der Waals surface area (Å²) in [4.78, 5) is 5.21. The molecule has 2 aliphatic heterocycles. The molecule has 56 heavy (non-hydrogen) atoms. The Balaban J connectivity index is 0.990. The lowest BCUT2D eigenvalue weighted by atomic mass is 9.84. The molecule has 4 N–H and O–H groups in total. The van der Waals surface area contributed by atoms with Crippen LogP contribution in [0.4, 0.5) is 4.39 Å². The van der Waals surface area contributed by atoms with Gasteiger partial charge in [0.2, 0.25) is 0 Å². The van der Waals surface area contributed by atoms with Gasteiger partial charge in [-0.25, -0.2) is 4.39 Å². The molecular weight excluding hydrogens is 692 g/mol. The van der Waals surface area contributed by atoms with Gasteiger partial charge in [-0.2, -0.15) is 0 Å². The maximum atomic E-state index is 14.1. The Labute approximate surface area is 334 Å². The smallest absolute Gasteiger partial charge is 0.123 e. The van der Waals surface area contributed by atoms with E-state index in [0.29, 0.717) is 0 Å². The highest BCUT2D eigenvalue weighted by atomic mass is 19.1. The topological polar surface area (TPSA) is 54.6 Å². The van der Waals surface area contributed by atoms with Gasteiger partial charge in [0.05, 0.1) is 0 Å². The van der Waals surface area contributed by atoms with E-state index < -0.39 is 0 Å². The summed E-state index contributed by atoms with van der Waals surface area (Å²) in [5.41, 5.74) is 11.6.